The summed E-state index contributed by atoms with van der Waals surface area (Å²) >= 11 is 1.67. The fraction of sp³-hybridized carbons (Fsp3) is 0.200. The Balaban J connectivity index is 1.74. The van der Waals surface area contributed by atoms with Crippen LogP contribution in [0.4, 0.5) is 0 Å². The summed E-state index contributed by atoms with van der Waals surface area (Å²) in [6, 6.07) is 12.3. The average molecular weight is 285 g/mol. The first-order valence-electron chi connectivity index (χ1n) is 6.35. The zero-order valence-electron chi connectivity index (χ0n) is 11.4. The Morgan fingerprint density at radius 3 is 2.65 bits per heavy atom. The quantitative estimate of drug-likeness (QED) is 0.686. The molecule has 0 N–H and O–H groups in total. The molecule has 4 nitrogen and oxygen atoms in total. The topological polar surface area (TPSA) is 43.9 Å². The van der Waals surface area contributed by atoms with E-state index in [2.05, 4.69) is 41.4 Å². The number of thioether (sulfide) groups is 1. The van der Waals surface area contributed by atoms with E-state index >= 15 is 0 Å². The maximum atomic E-state index is 5.36. The van der Waals surface area contributed by atoms with Crippen molar-refractivity contribution in [3.8, 4) is 11.6 Å². The van der Waals surface area contributed by atoms with Crippen molar-refractivity contribution >= 4 is 11.8 Å². The van der Waals surface area contributed by atoms with Crippen LogP contribution in [0.2, 0.25) is 0 Å². The highest BCUT2D eigenvalue weighted by Gasteiger charge is 2.13. The summed E-state index contributed by atoms with van der Waals surface area (Å²) in [6.07, 6.45) is 1.64. The molecule has 0 radical (unpaired) electrons. The van der Waals surface area contributed by atoms with Gasteiger partial charge in [-0.3, -0.25) is 0 Å². The van der Waals surface area contributed by atoms with E-state index < -0.39 is 0 Å². The molecule has 20 heavy (non-hydrogen) atoms. The Morgan fingerprint density at radius 1 is 1.15 bits per heavy atom. The van der Waals surface area contributed by atoms with E-state index in [1.54, 1.807) is 18.0 Å². The van der Waals surface area contributed by atoms with E-state index in [1.165, 1.54) is 11.1 Å². The molecular formula is C15H15N3OS. The minimum Gasteiger partial charge on any atom is -0.461 e. The van der Waals surface area contributed by atoms with Gasteiger partial charge >= 0.3 is 0 Å². The van der Waals surface area contributed by atoms with Crippen LogP contribution in [0.1, 0.15) is 11.1 Å². The molecule has 0 amide bonds. The summed E-state index contributed by atoms with van der Waals surface area (Å²) in [6.45, 7) is 2.09. The number of hydrogen-bond donors (Lipinski definition) is 0. The van der Waals surface area contributed by atoms with Gasteiger partial charge in [-0.15, -0.1) is 10.2 Å². The van der Waals surface area contributed by atoms with E-state index in [0.717, 1.165) is 22.5 Å². The van der Waals surface area contributed by atoms with E-state index in [1.807, 2.05) is 23.7 Å². The first kappa shape index (κ1) is 13.0. The maximum absolute atomic E-state index is 5.36. The van der Waals surface area contributed by atoms with Crippen LogP contribution in [0.15, 0.2) is 52.2 Å². The highest BCUT2D eigenvalue weighted by atomic mass is 32.2. The summed E-state index contributed by atoms with van der Waals surface area (Å²) in [5.74, 6) is 2.37. The number of furan rings is 1. The van der Waals surface area contributed by atoms with E-state index in [9.17, 15) is 0 Å². The van der Waals surface area contributed by atoms with Crippen molar-refractivity contribution in [1.82, 2.24) is 14.8 Å². The van der Waals surface area contributed by atoms with Gasteiger partial charge < -0.3 is 8.98 Å². The molecule has 0 aliphatic rings. The maximum Gasteiger partial charge on any atom is 0.200 e. The van der Waals surface area contributed by atoms with E-state index in [-0.39, 0.29) is 0 Å². The van der Waals surface area contributed by atoms with Gasteiger partial charge in [0.25, 0.3) is 0 Å². The van der Waals surface area contributed by atoms with Gasteiger partial charge in [-0.05, 0) is 24.6 Å². The van der Waals surface area contributed by atoms with Gasteiger partial charge in [-0.2, -0.15) is 0 Å². The van der Waals surface area contributed by atoms with Crippen LogP contribution in [-0.4, -0.2) is 14.8 Å². The Bertz CT molecular complexity index is 686. The first-order valence-corrected chi connectivity index (χ1v) is 7.34. The van der Waals surface area contributed by atoms with Crippen molar-refractivity contribution in [3.63, 3.8) is 0 Å². The molecule has 0 saturated heterocycles. The van der Waals surface area contributed by atoms with Crippen LogP contribution in [0.25, 0.3) is 11.6 Å². The Labute approximate surface area is 121 Å². The van der Waals surface area contributed by atoms with Gasteiger partial charge in [-0.1, -0.05) is 41.6 Å². The standard InChI is InChI=1S/C15H15N3OS/c1-11-5-7-12(8-6-11)10-20-15-17-16-14(18(15)2)13-4-3-9-19-13/h3-9H,10H2,1-2H3. The number of aromatic nitrogens is 3. The monoisotopic (exact) mass is 285 g/mol. The number of aryl methyl sites for hydroxylation is 1. The molecule has 0 aliphatic carbocycles. The second-order valence-electron chi connectivity index (χ2n) is 4.62. The third-order valence-electron chi connectivity index (χ3n) is 3.07. The van der Waals surface area contributed by atoms with Crippen LogP contribution in [0.5, 0.6) is 0 Å². The first-order chi connectivity index (χ1) is 9.74. The van der Waals surface area contributed by atoms with Crippen LogP contribution < -0.4 is 0 Å². The van der Waals surface area contributed by atoms with Crippen molar-refractivity contribution in [2.75, 3.05) is 0 Å². The summed E-state index contributed by atoms with van der Waals surface area (Å²) < 4.78 is 7.31. The molecule has 1 aromatic carbocycles. The number of benzene rings is 1. The molecule has 0 bridgehead atoms. The van der Waals surface area contributed by atoms with Crippen LogP contribution in [0, 0.1) is 6.92 Å². The molecule has 0 fully saturated rings. The summed E-state index contributed by atoms with van der Waals surface area (Å²) in [7, 11) is 1.95. The lowest BCUT2D eigenvalue weighted by Gasteiger charge is -2.03. The third kappa shape index (κ3) is 2.63. The zero-order chi connectivity index (χ0) is 13.9. The Hall–Kier alpha value is -2.01. The van der Waals surface area contributed by atoms with Crippen molar-refractivity contribution in [1.29, 1.82) is 0 Å². The summed E-state index contributed by atoms with van der Waals surface area (Å²) in [4.78, 5) is 0. The largest absolute Gasteiger partial charge is 0.461 e. The van der Waals surface area contributed by atoms with Crippen molar-refractivity contribution in [2.24, 2.45) is 7.05 Å². The van der Waals surface area contributed by atoms with Crippen molar-refractivity contribution < 1.29 is 4.42 Å². The lowest BCUT2D eigenvalue weighted by Crippen LogP contribution is -1.94. The molecule has 0 unspecified atom stereocenters. The lowest BCUT2D eigenvalue weighted by atomic mass is 10.2. The highest BCUT2D eigenvalue weighted by molar-refractivity contribution is 7.98. The molecule has 5 heteroatoms. The van der Waals surface area contributed by atoms with Crippen LogP contribution in [-0.2, 0) is 12.8 Å². The molecule has 2 aromatic heterocycles. The molecule has 102 valence electrons. The van der Waals surface area contributed by atoms with E-state index in [4.69, 9.17) is 4.42 Å². The molecule has 0 atom stereocenters. The SMILES string of the molecule is Cc1ccc(CSc2nnc(-c3ccco3)n2C)cc1. The summed E-state index contributed by atoms with van der Waals surface area (Å²) in [5.41, 5.74) is 2.56. The molecule has 3 aromatic rings. The lowest BCUT2D eigenvalue weighted by molar-refractivity contribution is 0.572. The van der Waals surface area contributed by atoms with Gasteiger partial charge in [0.2, 0.25) is 0 Å². The number of rotatable bonds is 4. The Morgan fingerprint density at radius 2 is 1.95 bits per heavy atom. The van der Waals surface area contributed by atoms with Crippen molar-refractivity contribution in [3.05, 3.63) is 53.8 Å². The van der Waals surface area contributed by atoms with Gasteiger partial charge in [-0.25, -0.2) is 0 Å². The molecular weight excluding hydrogens is 270 g/mol. The molecule has 3 rings (SSSR count). The fourth-order valence-electron chi connectivity index (χ4n) is 1.89. The number of nitrogens with zero attached hydrogens (tertiary/aromatic N) is 3. The minimum absolute atomic E-state index is 0.738. The smallest absolute Gasteiger partial charge is 0.200 e. The van der Waals surface area contributed by atoms with Gasteiger partial charge in [0.1, 0.15) is 0 Å². The fourth-order valence-corrected chi connectivity index (χ4v) is 2.76. The average Bonchev–Trinajstić information content (AvgIpc) is 3.08. The highest BCUT2D eigenvalue weighted by Crippen LogP contribution is 2.25. The number of hydrogen-bond acceptors (Lipinski definition) is 4. The van der Waals surface area contributed by atoms with Gasteiger partial charge in [0, 0.05) is 12.8 Å². The van der Waals surface area contributed by atoms with Gasteiger partial charge in [0.15, 0.2) is 16.7 Å². The normalized spacial score (nSPS) is 10.9. The third-order valence-corrected chi connectivity index (χ3v) is 4.16. The molecule has 0 aliphatic heterocycles. The minimum atomic E-state index is 0.738. The zero-order valence-corrected chi connectivity index (χ0v) is 12.2. The predicted octanol–water partition coefficient (Wildman–Crippen LogP) is 3.68. The van der Waals surface area contributed by atoms with E-state index in [0.29, 0.717) is 0 Å². The van der Waals surface area contributed by atoms with Crippen LogP contribution >= 0.6 is 11.8 Å². The molecule has 0 saturated carbocycles. The second-order valence-corrected chi connectivity index (χ2v) is 5.56. The van der Waals surface area contributed by atoms with Crippen molar-refractivity contribution in [2.45, 2.75) is 17.8 Å². The Kier molecular flexibility index (Phi) is 3.60. The molecule has 2 heterocycles. The molecule has 0 spiro atoms. The summed E-state index contributed by atoms with van der Waals surface area (Å²) in [5, 5.41) is 9.29. The predicted molar refractivity (Wildman–Crippen MR) is 79.4 cm³/mol. The van der Waals surface area contributed by atoms with Gasteiger partial charge in [0.05, 0.1) is 6.26 Å². The second kappa shape index (κ2) is 5.54. The van der Waals surface area contributed by atoms with Crippen LogP contribution in [0.3, 0.4) is 0 Å².